The first kappa shape index (κ1) is 14.5. The lowest BCUT2D eigenvalue weighted by Gasteiger charge is -2.38. The minimum atomic E-state index is -3.60. The minimum absolute atomic E-state index is 0.152. The summed E-state index contributed by atoms with van der Waals surface area (Å²) in [5.74, 6) is 0.0395. The molecule has 1 aliphatic carbocycles. The largest absolute Gasteiger partial charge is 0.299 e. The van der Waals surface area contributed by atoms with E-state index in [1.807, 2.05) is 6.07 Å². The van der Waals surface area contributed by atoms with Crippen molar-refractivity contribution in [3.63, 3.8) is 0 Å². The molecule has 0 aromatic heterocycles. The Hall–Kier alpha value is -0.930. The van der Waals surface area contributed by atoms with E-state index in [1.165, 1.54) is 11.2 Å². The molecule has 2 aliphatic rings. The van der Waals surface area contributed by atoms with Crippen molar-refractivity contribution in [1.29, 1.82) is 5.26 Å². The van der Waals surface area contributed by atoms with Crippen LogP contribution < -0.4 is 0 Å². The number of carbonyl (C=O) groups is 1. The molecule has 0 bridgehead atoms. The first-order valence-corrected chi connectivity index (χ1v) is 8.42. The number of rotatable bonds is 3. The summed E-state index contributed by atoms with van der Waals surface area (Å²) in [7, 11) is -3.60. The number of hydrogen-bond acceptors (Lipinski definition) is 4. The van der Waals surface area contributed by atoms with Crippen LogP contribution in [-0.4, -0.2) is 36.3 Å². The Kier molecular flexibility index (Phi) is 4.26. The number of nitrogens with zero attached hydrogens (tertiary/aromatic N) is 2. The summed E-state index contributed by atoms with van der Waals surface area (Å²) in [6, 6.07) is 1.59. The van der Waals surface area contributed by atoms with Gasteiger partial charge in [0.15, 0.2) is 5.25 Å². The molecule has 0 radical (unpaired) electrons. The van der Waals surface area contributed by atoms with Crippen molar-refractivity contribution < 1.29 is 13.2 Å². The number of sulfonamides is 1. The van der Waals surface area contributed by atoms with E-state index in [-0.39, 0.29) is 17.7 Å². The summed E-state index contributed by atoms with van der Waals surface area (Å²) in [6.07, 6.45) is 4.74. The Morgan fingerprint density at radius 3 is 2.63 bits per heavy atom. The Morgan fingerprint density at radius 1 is 1.32 bits per heavy atom. The average Bonchev–Trinajstić information content (AvgIpc) is 2.83. The van der Waals surface area contributed by atoms with Gasteiger partial charge in [0.25, 0.3) is 0 Å². The Morgan fingerprint density at radius 2 is 2.05 bits per heavy atom. The minimum Gasteiger partial charge on any atom is -0.299 e. The summed E-state index contributed by atoms with van der Waals surface area (Å²) in [4.78, 5) is 11.9. The lowest BCUT2D eigenvalue weighted by molar-refractivity contribution is -0.122. The van der Waals surface area contributed by atoms with Crippen LogP contribution in [0.2, 0.25) is 0 Å². The zero-order valence-corrected chi connectivity index (χ0v) is 12.0. The van der Waals surface area contributed by atoms with Gasteiger partial charge in [0.05, 0.1) is 6.07 Å². The molecule has 1 heterocycles. The third-order valence-corrected chi connectivity index (χ3v) is 6.38. The van der Waals surface area contributed by atoms with E-state index in [9.17, 15) is 13.2 Å². The number of Topliss-reactive ketones (excluding diaryl/α,β-unsaturated/α-hetero) is 1. The molecule has 1 saturated heterocycles. The maximum absolute atomic E-state index is 12.4. The van der Waals surface area contributed by atoms with Gasteiger partial charge in [-0.25, -0.2) is 8.42 Å². The molecule has 1 saturated carbocycles. The molecule has 6 heteroatoms. The second kappa shape index (κ2) is 5.59. The van der Waals surface area contributed by atoms with Gasteiger partial charge in [-0.05, 0) is 32.6 Å². The van der Waals surface area contributed by atoms with Crippen molar-refractivity contribution in [1.82, 2.24) is 4.31 Å². The maximum atomic E-state index is 12.4. The lowest BCUT2D eigenvalue weighted by atomic mass is 9.90. The van der Waals surface area contributed by atoms with Crippen molar-refractivity contribution in [2.45, 2.75) is 56.7 Å². The predicted octanol–water partition coefficient (Wildman–Crippen LogP) is 1.45. The van der Waals surface area contributed by atoms with Crippen LogP contribution >= 0.6 is 0 Å². The number of piperidine rings is 1. The highest BCUT2D eigenvalue weighted by molar-refractivity contribution is 7.90. The van der Waals surface area contributed by atoms with Crippen LogP contribution in [0.1, 0.15) is 45.4 Å². The smallest absolute Gasteiger partial charge is 0.230 e. The van der Waals surface area contributed by atoms with Crippen LogP contribution in [-0.2, 0) is 14.8 Å². The van der Waals surface area contributed by atoms with E-state index in [0.717, 1.165) is 32.1 Å². The maximum Gasteiger partial charge on any atom is 0.230 e. The molecule has 3 atom stereocenters. The van der Waals surface area contributed by atoms with E-state index in [0.29, 0.717) is 13.0 Å². The number of hydrogen-bond donors (Lipinski definition) is 0. The predicted molar refractivity (Wildman–Crippen MR) is 70.7 cm³/mol. The van der Waals surface area contributed by atoms with Crippen LogP contribution in [0.25, 0.3) is 0 Å². The molecule has 0 spiro atoms. The average molecular weight is 284 g/mol. The van der Waals surface area contributed by atoms with Gasteiger partial charge in [0, 0.05) is 24.9 Å². The van der Waals surface area contributed by atoms with Gasteiger partial charge >= 0.3 is 0 Å². The van der Waals surface area contributed by atoms with Crippen molar-refractivity contribution >= 4 is 15.8 Å². The molecule has 0 aromatic rings. The van der Waals surface area contributed by atoms with E-state index in [1.54, 1.807) is 0 Å². The molecular formula is C13H20N2O3S. The van der Waals surface area contributed by atoms with E-state index >= 15 is 0 Å². The standard InChI is InChI=1S/C13H20N2O3S/c1-10(9-14)19(17,18)15-8-3-2-6-12(15)11-5-4-7-13(11)16/h10-12H,2-8H2,1H3. The third-order valence-electron chi connectivity index (χ3n) is 4.27. The molecule has 3 unspecified atom stereocenters. The monoisotopic (exact) mass is 284 g/mol. The SMILES string of the molecule is CC(C#N)S(=O)(=O)N1CCCCC1C1CCCC1=O. The van der Waals surface area contributed by atoms with Crippen LogP contribution in [0.4, 0.5) is 0 Å². The van der Waals surface area contributed by atoms with E-state index < -0.39 is 15.3 Å². The van der Waals surface area contributed by atoms with Crippen LogP contribution in [0.5, 0.6) is 0 Å². The highest BCUT2D eigenvalue weighted by Crippen LogP contribution is 2.34. The molecular weight excluding hydrogens is 264 g/mol. The summed E-state index contributed by atoms with van der Waals surface area (Å²) < 4.78 is 26.2. The van der Waals surface area contributed by atoms with Gasteiger partial charge in [-0.1, -0.05) is 6.42 Å². The zero-order chi connectivity index (χ0) is 14.0. The highest BCUT2D eigenvalue weighted by Gasteiger charge is 2.43. The van der Waals surface area contributed by atoms with E-state index in [2.05, 4.69) is 0 Å². The summed E-state index contributed by atoms with van der Waals surface area (Å²) in [5.41, 5.74) is 0. The molecule has 1 aliphatic heterocycles. The van der Waals surface area contributed by atoms with Gasteiger partial charge in [0.1, 0.15) is 5.78 Å². The summed E-state index contributed by atoms with van der Waals surface area (Å²) >= 11 is 0. The molecule has 106 valence electrons. The first-order valence-electron chi connectivity index (χ1n) is 6.91. The fraction of sp³-hybridized carbons (Fsp3) is 0.846. The molecule has 2 rings (SSSR count). The van der Waals surface area contributed by atoms with Crippen LogP contribution in [0, 0.1) is 17.2 Å². The van der Waals surface area contributed by atoms with Crippen LogP contribution in [0.3, 0.4) is 0 Å². The van der Waals surface area contributed by atoms with Crippen LogP contribution in [0.15, 0.2) is 0 Å². The fourth-order valence-electron chi connectivity index (χ4n) is 3.17. The van der Waals surface area contributed by atoms with Crippen molar-refractivity contribution in [2.24, 2.45) is 5.92 Å². The second-order valence-corrected chi connectivity index (χ2v) is 7.66. The number of ketones is 1. The van der Waals surface area contributed by atoms with Crippen molar-refractivity contribution in [2.75, 3.05) is 6.54 Å². The number of nitriles is 1. The topological polar surface area (TPSA) is 78.2 Å². The molecule has 2 fully saturated rings. The van der Waals surface area contributed by atoms with Gasteiger partial charge in [-0.3, -0.25) is 4.79 Å². The summed E-state index contributed by atoms with van der Waals surface area (Å²) in [6.45, 7) is 1.86. The molecule has 0 N–H and O–H groups in total. The van der Waals surface area contributed by atoms with Gasteiger partial charge in [-0.15, -0.1) is 0 Å². The number of carbonyl (C=O) groups excluding carboxylic acids is 1. The normalized spacial score (nSPS) is 31.1. The molecule has 0 aromatic carbocycles. The molecule has 19 heavy (non-hydrogen) atoms. The highest BCUT2D eigenvalue weighted by atomic mass is 32.2. The van der Waals surface area contributed by atoms with Crippen molar-refractivity contribution in [3.05, 3.63) is 0 Å². The van der Waals surface area contributed by atoms with Gasteiger partial charge in [-0.2, -0.15) is 9.57 Å². The molecule has 0 amide bonds. The zero-order valence-electron chi connectivity index (χ0n) is 11.2. The quantitative estimate of drug-likeness (QED) is 0.786. The molecule has 5 nitrogen and oxygen atoms in total. The summed E-state index contributed by atoms with van der Waals surface area (Å²) in [5, 5.41) is 7.84. The second-order valence-electron chi connectivity index (χ2n) is 5.46. The first-order chi connectivity index (χ1) is 8.98. The third kappa shape index (κ3) is 2.67. The van der Waals surface area contributed by atoms with E-state index in [4.69, 9.17) is 5.26 Å². The Balaban J connectivity index is 2.26. The lowest BCUT2D eigenvalue weighted by Crippen LogP contribution is -2.50. The fourth-order valence-corrected chi connectivity index (χ4v) is 4.72. The van der Waals surface area contributed by atoms with Gasteiger partial charge in [0.2, 0.25) is 10.0 Å². The van der Waals surface area contributed by atoms with Crippen molar-refractivity contribution in [3.8, 4) is 6.07 Å². The Labute approximate surface area is 114 Å². The van der Waals surface area contributed by atoms with Gasteiger partial charge < -0.3 is 0 Å². The Bertz CT molecular complexity index is 495.